The molecule has 0 saturated carbocycles. The summed E-state index contributed by atoms with van der Waals surface area (Å²) in [5.41, 5.74) is 5.16. The van der Waals surface area contributed by atoms with Gasteiger partial charge in [-0.25, -0.2) is 13.1 Å². The summed E-state index contributed by atoms with van der Waals surface area (Å²) in [4.78, 5) is 32.8. The van der Waals surface area contributed by atoms with Crippen LogP contribution in [0.2, 0.25) is 0 Å². The van der Waals surface area contributed by atoms with Crippen molar-refractivity contribution in [2.24, 2.45) is 5.41 Å². The largest absolute Gasteiger partial charge is 0.465 e. The molecule has 3 heterocycles. The molecule has 1 saturated heterocycles. The highest BCUT2D eigenvalue weighted by atomic mass is 32.2. The van der Waals surface area contributed by atoms with E-state index in [9.17, 15) is 18.0 Å². The third kappa shape index (κ3) is 6.38. The number of hydrogen-bond acceptors (Lipinski definition) is 8. The Balaban J connectivity index is 1.47. The first-order valence-corrected chi connectivity index (χ1v) is 17.6. The number of para-hydroxylation sites is 1. The van der Waals surface area contributed by atoms with E-state index in [2.05, 4.69) is 20.2 Å². The monoisotopic (exact) mass is 684 g/mol. The topological polar surface area (TPSA) is 149 Å². The fourth-order valence-electron chi connectivity index (χ4n) is 6.21. The average molecular weight is 685 g/mol. The minimum Gasteiger partial charge on any atom is -0.465 e. The molecular weight excluding hydrogens is 644 g/mol. The lowest BCUT2D eigenvalue weighted by atomic mass is 9.92. The number of carbonyl (C=O) groups excluding carboxylic acids is 2. The van der Waals surface area contributed by atoms with Crippen molar-refractivity contribution in [3.8, 4) is 17.1 Å². The number of nitrogens with one attached hydrogen (secondary N) is 2. The summed E-state index contributed by atoms with van der Waals surface area (Å²) in [6, 6.07) is 18.3. The van der Waals surface area contributed by atoms with Crippen LogP contribution >= 0.6 is 0 Å². The highest BCUT2D eigenvalue weighted by Gasteiger charge is 2.38. The lowest BCUT2D eigenvalue weighted by molar-refractivity contribution is -0.135. The van der Waals surface area contributed by atoms with Gasteiger partial charge in [-0.3, -0.25) is 14.2 Å². The van der Waals surface area contributed by atoms with E-state index in [-0.39, 0.29) is 29.1 Å². The Labute approximate surface area is 285 Å². The number of likely N-dealkylation sites (tertiary alicyclic amines) is 1. The zero-order valence-electron chi connectivity index (χ0n) is 28.5. The Morgan fingerprint density at radius 1 is 1.04 bits per heavy atom. The molecule has 2 amide bonds. The maximum atomic E-state index is 13.8. The first kappa shape index (κ1) is 33.7. The molecule has 1 aliphatic heterocycles. The molecule has 0 bridgehead atoms. The molecule has 0 radical (unpaired) electrons. The number of hydrogen-bond donors (Lipinski definition) is 2. The summed E-state index contributed by atoms with van der Waals surface area (Å²) in [6.45, 7) is 10.8. The second-order valence-electron chi connectivity index (χ2n) is 12.8. The van der Waals surface area contributed by atoms with Crippen molar-refractivity contribution >= 4 is 38.8 Å². The molecule has 6 rings (SSSR count). The number of ether oxygens (including phenoxy) is 1. The van der Waals surface area contributed by atoms with Crippen LogP contribution in [0, 0.1) is 19.3 Å². The lowest BCUT2D eigenvalue weighted by Crippen LogP contribution is -2.30. The predicted octanol–water partition coefficient (Wildman–Crippen LogP) is 5.67. The summed E-state index contributed by atoms with van der Waals surface area (Å²) in [7, 11) is -2.53. The number of aromatic nitrogens is 3. The van der Waals surface area contributed by atoms with Crippen molar-refractivity contribution in [3.05, 3.63) is 88.6 Å². The van der Waals surface area contributed by atoms with E-state index in [0.29, 0.717) is 71.1 Å². The van der Waals surface area contributed by atoms with Crippen LogP contribution in [0.1, 0.15) is 59.9 Å². The molecule has 5 aromatic rings. The number of sulfonamides is 1. The Kier molecular flexibility index (Phi) is 8.97. The van der Waals surface area contributed by atoms with Gasteiger partial charge in [-0.05, 0) is 62.1 Å². The summed E-state index contributed by atoms with van der Waals surface area (Å²) >= 11 is 0. The van der Waals surface area contributed by atoms with E-state index in [0.717, 1.165) is 11.1 Å². The van der Waals surface area contributed by atoms with Crippen LogP contribution in [0.25, 0.3) is 22.2 Å². The molecule has 0 atom stereocenters. The van der Waals surface area contributed by atoms with E-state index in [1.54, 1.807) is 57.3 Å². The van der Waals surface area contributed by atoms with Gasteiger partial charge < -0.3 is 19.5 Å². The third-order valence-electron chi connectivity index (χ3n) is 9.07. The normalized spacial score (nSPS) is 14.4. The van der Waals surface area contributed by atoms with Gasteiger partial charge in [-0.1, -0.05) is 61.5 Å². The van der Waals surface area contributed by atoms with Crippen LogP contribution in [-0.4, -0.2) is 60.0 Å². The number of anilines is 1. The summed E-state index contributed by atoms with van der Waals surface area (Å²) in [6.07, 6.45) is 0.715. The van der Waals surface area contributed by atoms with Crippen LogP contribution in [-0.2, 0) is 27.9 Å². The number of rotatable bonds is 11. The average Bonchev–Trinajstić information content (AvgIpc) is 3.68. The molecule has 0 unspecified atom stereocenters. The van der Waals surface area contributed by atoms with Crippen molar-refractivity contribution in [3.63, 3.8) is 0 Å². The smallest absolute Gasteiger partial charge is 0.297 e. The molecule has 3 aromatic carbocycles. The SMILES string of the molecule is CCOc1nc2cccc(C(=O)NC)c2n1Cc1ccc(-c2ccccc2S(=O)(=O)Nc2onc(C)c2C)c(CN2CCC(C)(C)C2=O)c1. The van der Waals surface area contributed by atoms with Gasteiger partial charge in [0.05, 0.1) is 40.3 Å². The molecule has 0 spiro atoms. The second kappa shape index (κ2) is 13.0. The Morgan fingerprint density at radius 3 is 2.49 bits per heavy atom. The standard InChI is InChI=1S/C36H40N6O6S/c1-7-47-35-38-29-13-10-12-28(32(43)37-6)31(29)42(35)20-24-15-16-26(25(19-24)21-41-18-17-36(4,5)34(41)44)27-11-8-9-14-30(27)49(45,46)40-33-22(2)23(3)39-48-33/h8-16,19,40H,7,17-18,20-21H2,1-6H3,(H,37,43). The Morgan fingerprint density at radius 2 is 1.82 bits per heavy atom. The molecular formula is C36H40N6O6S. The molecule has 2 N–H and O–H groups in total. The lowest BCUT2D eigenvalue weighted by Gasteiger charge is -2.23. The van der Waals surface area contributed by atoms with Gasteiger partial charge in [0.25, 0.3) is 21.9 Å². The number of aryl methyl sites for hydroxylation is 1. The molecule has 12 nitrogen and oxygen atoms in total. The van der Waals surface area contributed by atoms with E-state index in [4.69, 9.17) is 9.26 Å². The second-order valence-corrected chi connectivity index (χ2v) is 14.5. The van der Waals surface area contributed by atoms with Gasteiger partial charge in [0.1, 0.15) is 0 Å². The molecule has 13 heteroatoms. The number of imidazole rings is 1. The summed E-state index contributed by atoms with van der Waals surface area (Å²) in [5.74, 6) is -0.151. The number of carbonyl (C=O) groups is 2. The quantitative estimate of drug-likeness (QED) is 0.181. The molecule has 1 aliphatic rings. The first-order valence-electron chi connectivity index (χ1n) is 16.1. The Hall–Kier alpha value is -5.17. The summed E-state index contributed by atoms with van der Waals surface area (Å²) in [5, 5.41) is 6.59. The van der Waals surface area contributed by atoms with Crippen molar-refractivity contribution in [2.45, 2.75) is 59.0 Å². The molecule has 1 fully saturated rings. The van der Waals surface area contributed by atoms with Gasteiger partial charge in [0.2, 0.25) is 11.8 Å². The van der Waals surface area contributed by atoms with E-state index < -0.39 is 15.4 Å². The van der Waals surface area contributed by atoms with Gasteiger partial charge in [0, 0.05) is 36.7 Å². The maximum Gasteiger partial charge on any atom is 0.297 e. The van der Waals surface area contributed by atoms with E-state index in [1.807, 2.05) is 54.5 Å². The van der Waals surface area contributed by atoms with Crippen LogP contribution in [0.5, 0.6) is 6.01 Å². The highest BCUT2D eigenvalue weighted by molar-refractivity contribution is 7.92. The van der Waals surface area contributed by atoms with Crippen molar-refractivity contribution in [1.82, 2.24) is 24.9 Å². The van der Waals surface area contributed by atoms with Crippen LogP contribution < -0.4 is 14.8 Å². The molecule has 256 valence electrons. The van der Waals surface area contributed by atoms with E-state index in [1.165, 1.54) is 0 Å². The van der Waals surface area contributed by atoms with Gasteiger partial charge >= 0.3 is 0 Å². The van der Waals surface area contributed by atoms with Gasteiger partial charge in [0.15, 0.2) is 0 Å². The van der Waals surface area contributed by atoms with Gasteiger partial charge in [-0.2, -0.15) is 4.98 Å². The third-order valence-corrected chi connectivity index (χ3v) is 10.5. The van der Waals surface area contributed by atoms with Crippen LogP contribution in [0.4, 0.5) is 5.88 Å². The van der Waals surface area contributed by atoms with Crippen LogP contribution in [0.3, 0.4) is 0 Å². The van der Waals surface area contributed by atoms with Crippen molar-refractivity contribution in [1.29, 1.82) is 0 Å². The minimum absolute atomic E-state index is 0.0389. The maximum absolute atomic E-state index is 13.8. The molecule has 2 aromatic heterocycles. The van der Waals surface area contributed by atoms with Crippen LogP contribution in [0.15, 0.2) is 70.1 Å². The zero-order valence-corrected chi connectivity index (χ0v) is 29.3. The minimum atomic E-state index is -4.11. The van der Waals surface area contributed by atoms with E-state index >= 15 is 0 Å². The number of fused-ring (bicyclic) bond motifs is 1. The molecule has 0 aliphatic carbocycles. The predicted molar refractivity (Wildman–Crippen MR) is 186 cm³/mol. The number of nitrogens with zero attached hydrogens (tertiary/aromatic N) is 4. The Bertz CT molecular complexity index is 2190. The summed E-state index contributed by atoms with van der Waals surface area (Å²) < 4.78 is 43.3. The van der Waals surface area contributed by atoms with Crippen molar-refractivity contribution < 1.29 is 27.3 Å². The highest BCUT2D eigenvalue weighted by Crippen LogP contribution is 2.37. The first-order chi connectivity index (χ1) is 23.3. The van der Waals surface area contributed by atoms with Gasteiger partial charge in [-0.15, -0.1) is 0 Å². The fraction of sp³-hybridized carbons (Fsp3) is 0.333. The zero-order chi connectivity index (χ0) is 35.1. The fourth-order valence-corrected chi connectivity index (χ4v) is 7.48. The van der Waals surface area contributed by atoms with Crippen molar-refractivity contribution in [2.75, 3.05) is 24.9 Å². The number of benzene rings is 3. The number of amides is 2. The molecule has 49 heavy (non-hydrogen) atoms.